The van der Waals surface area contributed by atoms with Crippen LogP contribution in [-0.2, 0) is 0 Å². The molecule has 1 aliphatic carbocycles. The molecule has 0 aromatic heterocycles. The molecule has 1 rings (SSSR count). The van der Waals surface area contributed by atoms with E-state index in [4.69, 9.17) is 10.8 Å². The minimum Gasteiger partial charge on any atom is -0.394 e. The van der Waals surface area contributed by atoms with Gasteiger partial charge in [-0.25, -0.2) is 0 Å². The molecule has 90 valence electrons. The molecule has 0 aromatic rings. The molecule has 3 unspecified atom stereocenters. The van der Waals surface area contributed by atoms with Gasteiger partial charge in [-0.15, -0.1) is 0 Å². The zero-order valence-corrected chi connectivity index (χ0v) is 10.5. The van der Waals surface area contributed by atoms with Crippen molar-refractivity contribution in [1.82, 2.24) is 0 Å². The molecule has 15 heavy (non-hydrogen) atoms. The Morgan fingerprint density at radius 1 is 1.53 bits per heavy atom. The maximum absolute atomic E-state index is 9.29. The average molecular weight is 233 g/mol. The molecule has 0 heterocycles. The Labute approximate surface area is 96.4 Å². The molecule has 1 fully saturated rings. The third-order valence-corrected chi connectivity index (χ3v) is 4.86. The molecule has 3 atom stereocenters. The molecule has 0 spiro atoms. The predicted molar refractivity (Wildman–Crippen MR) is 64.9 cm³/mol. The highest BCUT2D eigenvalue weighted by Crippen LogP contribution is 2.39. The molecule has 1 aliphatic rings. The number of thioether (sulfide) groups is 1. The van der Waals surface area contributed by atoms with Crippen LogP contribution in [0.25, 0.3) is 0 Å². The van der Waals surface area contributed by atoms with E-state index < -0.39 is 6.10 Å². The summed E-state index contributed by atoms with van der Waals surface area (Å²) in [6.07, 6.45) is 2.93. The second-order valence-corrected chi connectivity index (χ2v) is 6.39. The van der Waals surface area contributed by atoms with Crippen molar-refractivity contribution < 1.29 is 10.2 Å². The van der Waals surface area contributed by atoms with Gasteiger partial charge in [-0.3, -0.25) is 0 Å². The van der Waals surface area contributed by atoms with Crippen LogP contribution in [-0.4, -0.2) is 40.0 Å². The molecule has 0 saturated heterocycles. The first kappa shape index (κ1) is 13.3. The topological polar surface area (TPSA) is 66.5 Å². The zero-order valence-electron chi connectivity index (χ0n) is 9.65. The zero-order chi connectivity index (χ0) is 11.5. The number of rotatable bonds is 4. The van der Waals surface area contributed by atoms with Crippen LogP contribution in [0.5, 0.6) is 0 Å². The van der Waals surface area contributed by atoms with Crippen LogP contribution >= 0.6 is 11.8 Å². The minimum absolute atomic E-state index is 0.154. The van der Waals surface area contributed by atoms with Gasteiger partial charge in [0.05, 0.1) is 12.7 Å². The van der Waals surface area contributed by atoms with E-state index in [1.807, 2.05) is 0 Å². The SMILES string of the molecule is CC1(C)CCCC(SCC(O)CO)C1N. The van der Waals surface area contributed by atoms with Crippen molar-refractivity contribution >= 4 is 11.8 Å². The van der Waals surface area contributed by atoms with Gasteiger partial charge in [0.15, 0.2) is 0 Å². The second-order valence-electron chi connectivity index (χ2n) is 5.11. The monoisotopic (exact) mass is 233 g/mol. The minimum atomic E-state index is -0.604. The van der Waals surface area contributed by atoms with Crippen molar-refractivity contribution in [3.63, 3.8) is 0 Å². The van der Waals surface area contributed by atoms with E-state index in [2.05, 4.69) is 13.8 Å². The van der Waals surface area contributed by atoms with Crippen molar-refractivity contribution in [2.24, 2.45) is 11.1 Å². The summed E-state index contributed by atoms with van der Waals surface area (Å²) in [7, 11) is 0. The average Bonchev–Trinajstić information content (AvgIpc) is 2.19. The molecular weight excluding hydrogens is 210 g/mol. The highest BCUT2D eigenvalue weighted by molar-refractivity contribution is 8.00. The maximum Gasteiger partial charge on any atom is 0.0861 e. The molecule has 0 aliphatic heterocycles. The Kier molecular flexibility index (Phi) is 4.90. The standard InChI is InChI=1S/C11H23NO2S/c1-11(2)5-3-4-9(10(11)12)15-7-8(14)6-13/h8-10,13-14H,3-7,12H2,1-2H3. The fraction of sp³-hybridized carbons (Fsp3) is 1.00. The quantitative estimate of drug-likeness (QED) is 0.677. The van der Waals surface area contributed by atoms with Gasteiger partial charge in [0, 0.05) is 17.0 Å². The van der Waals surface area contributed by atoms with Crippen LogP contribution in [0.2, 0.25) is 0 Å². The third-order valence-electron chi connectivity index (χ3n) is 3.33. The van der Waals surface area contributed by atoms with E-state index in [9.17, 15) is 5.11 Å². The largest absolute Gasteiger partial charge is 0.394 e. The summed E-state index contributed by atoms with van der Waals surface area (Å²) < 4.78 is 0. The van der Waals surface area contributed by atoms with Crippen LogP contribution in [0.3, 0.4) is 0 Å². The molecule has 0 amide bonds. The second kappa shape index (κ2) is 5.53. The van der Waals surface area contributed by atoms with Gasteiger partial charge in [-0.05, 0) is 18.3 Å². The van der Waals surface area contributed by atoms with Crippen LogP contribution in [0.1, 0.15) is 33.1 Å². The normalized spacial score (nSPS) is 32.6. The predicted octanol–water partition coefficient (Wildman–Crippen LogP) is 0.979. The summed E-state index contributed by atoms with van der Waals surface area (Å²) in [5, 5.41) is 18.5. The number of hydrogen-bond donors (Lipinski definition) is 3. The first-order valence-corrected chi connectivity index (χ1v) is 6.68. The van der Waals surface area contributed by atoms with Gasteiger partial charge in [0.1, 0.15) is 0 Å². The third kappa shape index (κ3) is 3.63. The van der Waals surface area contributed by atoms with E-state index in [0.29, 0.717) is 11.0 Å². The Hall–Kier alpha value is 0.230. The number of nitrogens with two attached hydrogens (primary N) is 1. The van der Waals surface area contributed by atoms with Crippen LogP contribution in [0, 0.1) is 5.41 Å². The van der Waals surface area contributed by atoms with E-state index in [1.54, 1.807) is 11.8 Å². The number of aliphatic hydroxyl groups is 2. The lowest BCUT2D eigenvalue weighted by Gasteiger charge is -2.41. The van der Waals surface area contributed by atoms with Crippen molar-refractivity contribution in [3.05, 3.63) is 0 Å². The Morgan fingerprint density at radius 2 is 2.20 bits per heavy atom. The maximum atomic E-state index is 9.29. The fourth-order valence-electron chi connectivity index (χ4n) is 2.08. The smallest absolute Gasteiger partial charge is 0.0861 e. The number of aliphatic hydroxyl groups excluding tert-OH is 2. The molecule has 0 aromatic carbocycles. The molecule has 4 N–H and O–H groups in total. The molecular formula is C11H23NO2S. The molecule has 0 radical (unpaired) electrons. The summed E-state index contributed by atoms with van der Waals surface area (Å²) in [5.41, 5.74) is 6.43. The fourth-order valence-corrected chi connectivity index (χ4v) is 3.57. The van der Waals surface area contributed by atoms with Gasteiger partial charge in [0.25, 0.3) is 0 Å². The van der Waals surface area contributed by atoms with Gasteiger partial charge in [0.2, 0.25) is 0 Å². The van der Waals surface area contributed by atoms with E-state index >= 15 is 0 Å². The van der Waals surface area contributed by atoms with Gasteiger partial charge in [-0.2, -0.15) is 11.8 Å². The summed E-state index contributed by atoms with van der Waals surface area (Å²) in [4.78, 5) is 0. The van der Waals surface area contributed by atoms with Crippen molar-refractivity contribution in [1.29, 1.82) is 0 Å². The first-order valence-electron chi connectivity index (χ1n) is 5.63. The van der Waals surface area contributed by atoms with Crippen molar-refractivity contribution in [2.75, 3.05) is 12.4 Å². The Morgan fingerprint density at radius 3 is 2.80 bits per heavy atom. The summed E-state index contributed by atoms with van der Waals surface area (Å²) in [5.74, 6) is 0.588. The summed E-state index contributed by atoms with van der Waals surface area (Å²) in [6.45, 7) is 4.28. The summed E-state index contributed by atoms with van der Waals surface area (Å²) >= 11 is 1.71. The molecule has 3 nitrogen and oxygen atoms in total. The molecule has 0 bridgehead atoms. The molecule has 4 heteroatoms. The van der Waals surface area contributed by atoms with Crippen LogP contribution in [0.15, 0.2) is 0 Å². The van der Waals surface area contributed by atoms with Gasteiger partial charge in [-0.1, -0.05) is 20.3 Å². The highest BCUT2D eigenvalue weighted by Gasteiger charge is 2.36. The van der Waals surface area contributed by atoms with Gasteiger partial charge >= 0.3 is 0 Å². The lowest BCUT2D eigenvalue weighted by atomic mass is 9.73. The van der Waals surface area contributed by atoms with Crippen molar-refractivity contribution in [2.45, 2.75) is 50.5 Å². The van der Waals surface area contributed by atoms with E-state index in [0.717, 1.165) is 6.42 Å². The van der Waals surface area contributed by atoms with Gasteiger partial charge < -0.3 is 15.9 Å². The highest BCUT2D eigenvalue weighted by atomic mass is 32.2. The Balaban J connectivity index is 2.41. The Bertz CT molecular complexity index is 199. The molecule has 1 saturated carbocycles. The lowest BCUT2D eigenvalue weighted by Crippen LogP contribution is -2.48. The van der Waals surface area contributed by atoms with Crippen molar-refractivity contribution in [3.8, 4) is 0 Å². The first-order chi connectivity index (χ1) is 6.97. The van der Waals surface area contributed by atoms with E-state index in [1.165, 1.54) is 12.8 Å². The van der Waals surface area contributed by atoms with Crippen LogP contribution in [0.4, 0.5) is 0 Å². The lowest BCUT2D eigenvalue weighted by molar-refractivity contribution is 0.113. The van der Waals surface area contributed by atoms with Crippen LogP contribution < -0.4 is 5.73 Å². The van der Waals surface area contributed by atoms with E-state index in [-0.39, 0.29) is 18.1 Å². The number of hydrogen-bond acceptors (Lipinski definition) is 4. The summed E-state index contributed by atoms with van der Waals surface area (Å²) in [6, 6.07) is 0.196.